The minimum atomic E-state index is 0.670. The lowest BCUT2D eigenvalue weighted by Crippen LogP contribution is -1.98. The molecule has 0 aliphatic rings. The molecule has 5 heteroatoms. The Kier molecular flexibility index (Phi) is 9.43. The number of para-hydroxylation sites is 2. The molecule has 318 valence electrons. The van der Waals surface area contributed by atoms with Crippen LogP contribution < -0.4 is 0 Å². The average Bonchev–Trinajstić information content (AvgIpc) is 3.99. The fourth-order valence-electron chi connectivity index (χ4n) is 9.91. The van der Waals surface area contributed by atoms with Crippen molar-refractivity contribution in [3.05, 3.63) is 249 Å². The second-order valence-corrected chi connectivity index (χ2v) is 17.2. The maximum Gasteiger partial charge on any atom is 0.160 e. The highest BCUT2D eigenvalue weighted by Gasteiger charge is 2.22. The Morgan fingerprint density at radius 2 is 0.853 bits per heavy atom. The van der Waals surface area contributed by atoms with Crippen LogP contribution in [0, 0.1) is 0 Å². The molecule has 0 fully saturated rings. The molecule has 0 aliphatic heterocycles. The SMILES string of the molecule is c1ccc(-c2cc(-c3cccc(-n4c5ccccc5c5ccccc54)c3)nc(-c3ccc(-c4ccc5cc(-c6ccccc6)n6nc(-c7ccccc7)c(-c7ccccc7)c6c5c4)cc3)n2)cc1. The molecule has 0 spiro atoms. The number of fused-ring (bicyclic) bond motifs is 6. The van der Waals surface area contributed by atoms with E-state index >= 15 is 0 Å². The van der Waals surface area contributed by atoms with E-state index in [0.717, 1.165) is 94.8 Å². The zero-order valence-electron chi connectivity index (χ0n) is 36.9. The van der Waals surface area contributed by atoms with E-state index in [1.54, 1.807) is 0 Å². The zero-order chi connectivity index (χ0) is 45.0. The van der Waals surface area contributed by atoms with E-state index < -0.39 is 0 Å². The van der Waals surface area contributed by atoms with Gasteiger partial charge in [-0.2, -0.15) is 5.10 Å². The minimum absolute atomic E-state index is 0.670. The van der Waals surface area contributed by atoms with Crippen molar-refractivity contribution in [1.82, 2.24) is 24.1 Å². The molecule has 0 radical (unpaired) electrons. The van der Waals surface area contributed by atoms with Crippen LogP contribution in [0.5, 0.6) is 0 Å². The largest absolute Gasteiger partial charge is 0.309 e. The van der Waals surface area contributed by atoms with Crippen LogP contribution >= 0.6 is 0 Å². The fourth-order valence-corrected chi connectivity index (χ4v) is 9.91. The van der Waals surface area contributed by atoms with Crippen LogP contribution in [0.15, 0.2) is 249 Å². The Morgan fingerprint density at radius 1 is 0.324 bits per heavy atom. The summed E-state index contributed by atoms with van der Waals surface area (Å²) >= 11 is 0. The molecule has 5 nitrogen and oxygen atoms in total. The Labute approximate surface area is 393 Å². The Morgan fingerprint density at radius 3 is 1.51 bits per heavy atom. The first-order chi connectivity index (χ1) is 33.7. The molecule has 0 saturated heterocycles. The molecular formula is C63H41N5. The van der Waals surface area contributed by atoms with Gasteiger partial charge in [0.2, 0.25) is 0 Å². The van der Waals surface area contributed by atoms with Crippen molar-refractivity contribution in [3.63, 3.8) is 0 Å². The second kappa shape index (κ2) is 16.4. The summed E-state index contributed by atoms with van der Waals surface area (Å²) in [7, 11) is 0. The monoisotopic (exact) mass is 867 g/mol. The fraction of sp³-hybridized carbons (Fsp3) is 0. The van der Waals surface area contributed by atoms with Crippen LogP contribution in [0.3, 0.4) is 0 Å². The number of nitrogens with zero attached hydrogens (tertiary/aromatic N) is 5. The lowest BCUT2D eigenvalue weighted by Gasteiger charge is -2.13. The van der Waals surface area contributed by atoms with Crippen molar-refractivity contribution in [3.8, 4) is 84.4 Å². The zero-order valence-corrected chi connectivity index (χ0v) is 36.9. The van der Waals surface area contributed by atoms with Crippen molar-refractivity contribution in [2.45, 2.75) is 0 Å². The minimum Gasteiger partial charge on any atom is -0.309 e. The van der Waals surface area contributed by atoms with E-state index in [1.807, 2.05) is 6.07 Å². The lowest BCUT2D eigenvalue weighted by atomic mass is 9.95. The number of aromatic nitrogens is 5. The molecule has 4 aromatic heterocycles. The normalized spacial score (nSPS) is 11.5. The molecule has 0 atom stereocenters. The smallest absolute Gasteiger partial charge is 0.160 e. The van der Waals surface area contributed by atoms with Crippen molar-refractivity contribution in [2.24, 2.45) is 0 Å². The summed E-state index contributed by atoms with van der Waals surface area (Å²) in [5, 5.41) is 10.2. The van der Waals surface area contributed by atoms with E-state index in [4.69, 9.17) is 15.1 Å². The van der Waals surface area contributed by atoms with Gasteiger partial charge in [-0.1, -0.05) is 206 Å². The van der Waals surface area contributed by atoms with Crippen LogP contribution in [-0.4, -0.2) is 24.1 Å². The van der Waals surface area contributed by atoms with E-state index in [0.29, 0.717) is 5.82 Å². The molecule has 0 unspecified atom stereocenters. The molecule has 13 aromatic rings. The topological polar surface area (TPSA) is 48.0 Å². The maximum atomic E-state index is 5.43. The first kappa shape index (κ1) is 39.2. The predicted molar refractivity (Wildman–Crippen MR) is 281 cm³/mol. The molecule has 0 aliphatic carbocycles. The van der Waals surface area contributed by atoms with Gasteiger partial charge in [0.25, 0.3) is 0 Å². The van der Waals surface area contributed by atoms with Crippen molar-refractivity contribution < 1.29 is 0 Å². The van der Waals surface area contributed by atoms with Crippen LogP contribution in [0.4, 0.5) is 0 Å². The van der Waals surface area contributed by atoms with E-state index in [1.165, 1.54) is 21.8 Å². The summed E-state index contributed by atoms with van der Waals surface area (Å²) in [5.41, 5.74) is 17.9. The van der Waals surface area contributed by atoms with Gasteiger partial charge < -0.3 is 4.57 Å². The van der Waals surface area contributed by atoms with Crippen LogP contribution in [0.25, 0.3) is 122 Å². The van der Waals surface area contributed by atoms with Gasteiger partial charge in [-0.3, -0.25) is 0 Å². The highest BCUT2D eigenvalue weighted by atomic mass is 15.2. The Hall–Kier alpha value is -9.19. The summed E-state index contributed by atoms with van der Waals surface area (Å²) in [6.45, 7) is 0. The van der Waals surface area contributed by atoms with Crippen molar-refractivity contribution in [1.29, 1.82) is 0 Å². The highest BCUT2D eigenvalue weighted by molar-refractivity contribution is 6.10. The predicted octanol–water partition coefficient (Wildman–Crippen LogP) is 16.0. The summed E-state index contributed by atoms with van der Waals surface area (Å²) < 4.78 is 4.51. The summed E-state index contributed by atoms with van der Waals surface area (Å²) in [4.78, 5) is 10.5. The number of rotatable bonds is 8. The van der Waals surface area contributed by atoms with Gasteiger partial charge in [-0.15, -0.1) is 0 Å². The van der Waals surface area contributed by atoms with Crippen LogP contribution in [0.1, 0.15) is 0 Å². The molecular weight excluding hydrogens is 827 g/mol. The Balaban J connectivity index is 0.938. The molecule has 9 aromatic carbocycles. The third-order valence-electron chi connectivity index (χ3n) is 13.1. The molecule has 0 bridgehead atoms. The molecule has 68 heavy (non-hydrogen) atoms. The van der Waals surface area contributed by atoms with Gasteiger partial charge in [0.15, 0.2) is 5.82 Å². The molecule has 0 amide bonds. The van der Waals surface area contributed by atoms with E-state index in [2.05, 4.69) is 252 Å². The second-order valence-electron chi connectivity index (χ2n) is 17.2. The van der Waals surface area contributed by atoms with Gasteiger partial charge in [0.1, 0.15) is 5.69 Å². The van der Waals surface area contributed by atoms with Gasteiger partial charge in [0.05, 0.1) is 33.6 Å². The Bertz CT molecular complexity index is 3930. The lowest BCUT2D eigenvalue weighted by molar-refractivity contribution is 0.979. The number of hydrogen-bond acceptors (Lipinski definition) is 3. The van der Waals surface area contributed by atoms with Crippen molar-refractivity contribution in [2.75, 3.05) is 0 Å². The standard InChI is InChI=1S/C63H41N5/c1-5-18-43(19-6-1)55-41-56(50-26-17-27-51(38-50)67-57-30-15-13-28-52(57)53-29-14-16-31-58(53)67)65-63(64-55)47-34-32-42(33-35-47)48-36-37-49-40-59(44-20-7-2-8-21-44)68-62(54(49)39-48)60(45-22-9-3-10-23-45)61(66-68)46-24-11-4-12-25-46/h1-41H. The average molecular weight is 868 g/mol. The van der Waals surface area contributed by atoms with Gasteiger partial charge in [0, 0.05) is 55.2 Å². The maximum absolute atomic E-state index is 5.43. The van der Waals surface area contributed by atoms with E-state index in [9.17, 15) is 0 Å². The number of benzene rings is 9. The molecule has 0 N–H and O–H groups in total. The molecule has 0 saturated carbocycles. The summed E-state index contributed by atoms with van der Waals surface area (Å²) in [5.74, 6) is 0.670. The molecule has 4 heterocycles. The van der Waals surface area contributed by atoms with Crippen LogP contribution in [0.2, 0.25) is 0 Å². The van der Waals surface area contributed by atoms with Crippen LogP contribution in [-0.2, 0) is 0 Å². The van der Waals surface area contributed by atoms with Gasteiger partial charge in [-0.25, -0.2) is 14.5 Å². The summed E-state index contributed by atoms with van der Waals surface area (Å²) in [6.07, 6.45) is 0. The number of hydrogen-bond donors (Lipinski definition) is 0. The third kappa shape index (κ3) is 6.76. The first-order valence-electron chi connectivity index (χ1n) is 23.0. The quantitative estimate of drug-likeness (QED) is 0.153. The highest BCUT2D eigenvalue weighted by Crippen LogP contribution is 2.42. The van der Waals surface area contributed by atoms with Crippen molar-refractivity contribution >= 4 is 38.1 Å². The van der Waals surface area contributed by atoms with Gasteiger partial charge in [-0.05, 0) is 64.5 Å². The third-order valence-corrected chi connectivity index (χ3v) is 13.1. The van der Waals surface area contributed by atoms with E-state index in [-0.39, 0.29) is 0 Å². The number of pyridine rings is 1. The first-order valence-corrected chi connectivity index (χ1v) is 23.0. The van der Waals surface area contributed by atoms with Gasteiger partial charge >= 0.3 is 0 Å². The summed E-state index contributed by atoms with van der Waals surface area (Å²) in [6, 6.07) is 88.0. The molecule has 13 rings (SSSR count).